The van der Waals surface area contributed by atoms with Gasteiger partial charge >= 0.3 is 0 Å². The fraction of sp³-hybridized carbons (Fsp3) is 0.562. The van der Waals surface area contributed by atoms with E-state index < -0.39 is 0 Å². The molecule has 0 saturated heterocycles. The molecule has 0 bridgehead atoms. The Labute approximate surface area is 115 Å². The van der Waals surface area contributed by atoms with Crippen molar-refractivity contribution in [2.75, 3.05) is 0 Å². The second-order valence-corrected chi connectivity index (χ2v) is 5.48. The Morgan fingerprint density at radius 2 is 2.00 bits per heavy atom. The third kappa shape index (κ3) is 4.06. The molecule has 0 radical (unpaired) electrons. The molecule has 1 amide bonds. The van der Waals surface area contributed by atoms with Crippen LogP contribution in [0.3, 0.4) is 0 Å². The summed E-state index contributed by atoms with van der Waals surface area (Å²) in [5, 5.41) is 13.0. The maximum Gasteiger partial charge on any atom is 0.224 e. The van der Waals surface area contributed by atoms with Crippen molar-refractivity contribution in [1.29, 1.82) is 0 Å². The van der Waals surface area contributed by atoms with Crippen molar-refractivity contribution in [2.45, 2.75) is 57.6 Å². The normalized spacial score (nSPS) is 23.7. The zero-order chi connectivity index (χ0) is 13.7. The SMILES string of the molecule is Cc1ccccc1CC(=O)NC1CCCCCC1O. The van der Waals surface area contributed by atoms with Crippen molar-refractivity contribution in [3.05, 3.63) is 35.4 Å². The number of hydrogen-bond donors (Lipinski definition) is 2. The first-order valence-corrected chi connectivity index (χ1v) is 7.19. The first-order valence-electron chi connectivity index (χ1n) is 7.19. The lowest BCUT2D eigenvalue weighted by Gasteiger charge is -2.22. The molecule has 19 heavy (non-hydrogen) atoms. The Morgan fingerprint density at radius 1 is 1.26 bits per heavy atom. The summed E-state index contributed by atoms with van der Waals surface area (Å²) >= 11 is 0. The van der Waals surface area contributed by atoms with Crippen LogP contribution in [0.2, 0.25) is 0 Å². The van der Waals surface area contributed by atoms with Gasteiger partial charge in [-0.1, -0.05) is 43.5 Å². The van der Waals surface area contributed by atoms with Crippen LogP contribution < -0.4 is 5.32 Å². The number of nitrogens with one attached hydrogen (secondary N) is 1. The summed E-state index contributed by atoms with van der Waals surface area (Å²) in [7, 11) is 0. The lowest BCUT2D eigenvalue weighted by molar-refractivity contribution is -0.122. The Morgan fingerprint density at radius 3 is 2.79 bits per heavy atom. The summed E-state index contributed by atoms with van der Waals surface area (Å²) in [5.41, 5.74) is 2.20. The molecule has 1 aromatic carbocycles. The summed E-state index contributed by atoms with van der Waals surface area (Å²) in [5.74, 6) is 0.0141. The summed E-state index contributed by atoms with van der Waals surface area (Å²) in [6, 6.07) is 7.86. The van der Waals surface area contributed by atoms with E-state index in [4.69, 9.17) is 0 Å². The van der Waals surface area contributed by atoms with Crippen LogP contribution >= 0.6 is 0 Å². The van der Waals surface area contributed by atoms with Crippen LogP contribution in [0.15, 0.2) is 24.3 Å². The molecule has 104 valence electrons. The van der Waals surface area contributed by atoms with Crippen LogP contribution in [0.1, 0.15) is 43.2 Å². The molecule has 1 aliphatic rings. The van der Waals surface area contributed by atoms with Crippen LogP contribution in [0.4, 0.5) is 0 Å². The van der Waals surface area contributed by atoms with Crippen molar-refractivity contribution in [2.24, 2.45) is 0 Å². The number of carbonyl (C=O) groups is 1. The minimum atomic E-state index is -0.386. The van der Waals surface area contributed by atoms with E-state index in [1.807, 2.05) is 31.2 Å². The zero-order valence-electron chi connectivity index (χ0n) is 11.6. The topological polar surface area (TPSA) is 49.3 Å². The van der Waals surface area contributed by atoms with Gasteiger partial charge in [-0.15, -0.1) is 0 Å². The summed E-state index contributed by atoms with van der Waals surface area (Å²) in [6.45, 7) is 2.02. The third-order valence-electron chi connectivity index (χ3n) is 3.94. The van der Waals surface area contributed by atoms with Crippen molar-refractivity contribution in [3.63, 3.8) is 0 Å². The highest BCUT2D eigenvalue weighted by Crippen LogP contribution is 2.18. The molecule has 0 aromatic heterocycles. The molecular formula is C16H23NO2. The number of aryl methyl sites for hydroxylation is 1. The second kappa shape index (κ2) is 6.71. The van der Waals surface area contributed by atoms with Crippen LogP contribution in [-0.4, -0.2) is 23.2 Å². The lowest BCUT2D eigenvalue weighted by atomic mass is 10.0. The molecule has 1 fully saturated rings. The van der Waals surface area contributed by atoms with E-state index in [0.29, 0.717) is 6.42 Å². The first kappa shape index (κ1) is 14.1. The molecule has 3 heteroatoms. The number of amides is 1. The van der Waals surface area contributed by atoms with Gasteiger partial charge in [0.15, 0.2) is 0 Å². The average Bonchev–Trinajstić information content (AvgIpc) is 2.58. The fourth-order valence-corrected chi connectivity index (χ4v) is 2.70. The molecule has 2 unspecified atom stereocenters. The Hall–Kier alpha value is -1.35. The van der Waals surface area contributed by atoms with Gasteiger partial charge in [0.05, 0.1) is 18.6 Å². The minimum Gasteiger partial charge on any atom is -0.391 e. The van der Waals surface area contributed by atoms with Crippen molar-refractivity contribution in [3.8, 4) is 0 Å². The Bertz CT molecular complexity index is 431. The zero-order valence-corrected chi connectivity index (χ0v) is 11.6. The molecule has 1 aromatic rings. The average molecular weight is 261 g/mol. The van der Waals surface area contributed by atoms with Crippen molar-refractivity contribution < 1.29 is 9.90 Å². The minimum absolute atomic E-state index is 0.0141. The highest BCUT2D eigenvalue weighted by Gasteiger charge is 2.23. The first-order chi connectivity index (χ1) is 9.16. The highest BCUT2D eigenvalue weighted by atomic mass is 16.3. The van der Waals surface area contributed by atoms with Crippen molar-refractivity contribution in [1.82, 2.24) is 5.32 Å². The van der Waals surface area contributed by atoms with Gasteiger partial charge < -0.3 is 10.4 Å². The maximum atomic E-state index is 12.1. The lowest BCUT2D eigenvalue weighted by Crippen LogP contribution is -2.43. The molecule has 2 rings (SSSR count). The van der Waals surface area contributed by atoms with Crippen LogP contribution in [0.5, 0.6) is 0 Å². The van der Waals surface area contributed by atoms with Crippen molar-refractivity contribution >= 4 is 5.91 Å². The van der Waals surface area contributed by atoms with E-state index in [-0.39, 0.29) is 18.1 Å². The standard InChI is InChI=1S/C16H23NO2/c1-12-7-5-6-8-13(12)11-16(19)17-14-9-3-2-4-10-15(14)18/h5-8,14-15,18H,2-4,9-11H2,1H3,(H,17,19). The number of aliphatic hydroxyl groups excluding tert-OH is 1. The summed E-state index contributed by atoms with van der Waals surface area (Å²) < 4.78 is 0. The van der Waals surface area contributed by atoms with Gasteiger partial charge in [0.25, 0.3) is 0 Å². The predicted molar refractivity (Wildman–Crippen MR) is 75.9 cm³/mol. The number of carbonyl (C=O) groups excluding carboxylic acids is 1. The van der Waals surface area contributed by atoms with E-state index in [9.17, 15) is 9.90 Å². The van der Waals surface area contributed by atoms with Gasteiger partial charge in [-0.3, -0.25) is 4.79 Å². The molecule has 2 atom stereocenters. The number of hydrogen-bond acceptors (Lipinski definition) is 2. The summed E-state index contributed by atoms with van der Waals surface area (Å²) in [6.07, 6.45) is 5.01. The molecule has 0 spiro atoms. The summed E-state index contributed by atoms with van der Waals surface area (Å²) in [4.78, 5) is 12.1. The van der Waals surface area contributed by atoms with E-state index in [1.165, 1.54) is 0 Å². The van der Waals surface area contributed by atoms with Crippen LogP contribution in [0, 0.1) is 6.92 Å². The van der Waals surface area contributed by atoms with Crippen LogP contribution in [-0.2, 0) is 11.2 Å². The molecule has 2 N–H and O–H groups in total. The van der Waals surface area contributed by atoms with Gasteiger partial charge in [0, 0.05) is 0 Å². The molecule has 3 nitrogen and oxygen atoms in total. The van der Waals surface area contributed by atoms with E-state index in [0.717, 1.165) is 43.2 Å². The molecule has 0 heterocycles. The molecular weight excluding hydrogens is 238 g/mol. The second-order valence-electron chi connectivity index (χ2n) is 5.48. The van der Waals surface area contributed by atoms with E-state index in [1.54, 1.807) is 0 Å². The van der Waals surface area contributed by atoms with E-state index in [2.05, 4.69) is 5.32 Å². The molecule has 1 aliphatic carbocycles. The Balaban J connectivity index is 1.92. The van der Waals surface area contributed by atoms with Crippen LogP contribution in [0.25, 0.3) is 0 Å². The molecule has 1 saturated carbocycles. The van der Waals surface area contributed by atoms with Gasteiger partial charge in [0.2, 0.25) is 5.91 Å². The van der Waals surface area contributed by atoms with E-state index >= 15 is 0 Å². The van der Waals surface area contributed by atoms with Gasteiger partial charge in [-0.25, -0.2) is 0 Å². The smallest absolute Gasteiger partial charge is 0.224 e. The maximum absolute atomic E-state index is 12.1. The monoisotopic (exact) mass is 261 g/mol. The third-order valence-corrected chi connectivity index (χ3v) is 3.94. The molecule has 0 aliphatic heterocycles. The van der Waals surface area contributed by atoms with Gasteiger partial charge in [0.1, 0.15) is 0 Å². The Kier molecular flexibility index (Phi) is 4.97. The largest absolute Gasteiger partial charge is 0.391 e. The quantitative estimate of drug-likeness (QED) is 0.821. The number of rotatable bonds is 3. The number of aliphatic hydroxyl groups is 1. The highest BCUT2D eigenvalue weighted by molar-refractivity contribution is 5.79. The number of benzene rings is 1. The fourth-order valence-electron chi connectivity index (χ4n) is 2.70. The predicted octanol–water partition coefficient (Wildman–Crippen LogP) is 2.35. The van der Waals surface area contributed by atoms with Gasteiger partial charge in [-0.05, 0) is 30.9 Å². The van der Waals surface area contributed by atoms with Gasteiger partial charge in [-0.2, -0.15) is 0 Å².